The first kappa shape index (κ1) is 17.5. The highest BCUT2D eigenvalue weighted by atomic mass is 79.9. The van der Waals surface area contributed by atoms with Gasteiger partial charge in [0, 0.05) is 28.7 Å². The van der Waals surface area contributed by atoms with Gasteiger partial charge in [0.2, 0.25) is 5.91 Å². The van der Waals surface area contributed by atoms with E-state index in [1.54, 1.807) is 36.2 Å². The Bertz CT molecular complexity index is 704. The van der Waals surface area contributed by atoms with E-state index in [9.17, 15) is 9.59 Å². The average molecular weight is 396 g/mol. The van der Waals surface area contributed by atoms with Gasteiger partial charge in [0.15, 0.2) is 0 Å². The van der Waals surface area contributed by atoms with Crippen molar-refractivity contribution in [2.24, 2.45) is 0 Å². The number of halogens is 2. The molecule has 0 aromatic heterocycles. The van der Waals surface area contributed by atoms with Crippen molar-refractivity contribution in [3.63, 3.8) is 0 Å². The van der Waals surface area contributed by atoms with Crippen molar-refractivity contribution in [2.45, 2.75) is 6.54 Å². The number of rotatable bonds is 5. The second-order valence-electron chi connectivity index (χ2n) is 5.07. The van der Waals surface area contributed by atoms with Crippen LogP contribution in [0.1, 0.15) is 15.9 Å². The van der Waals surface area contributed by atoms with E-state index in [1.165, 1.54) is 0 Å². The van der Waals surface area contributed by atoms with Gasteiger partial charge in [-0.25, -0.2) is 0 Å². The van der Waals surface area contributed by atoms with E-state index in [1.807, 2.05) is 24.3 Å². The maximum absolute atomic E-state index is 12.1. The van der Waals surface area contributed by atoms with Crippen LogP contribution < -0.4 is 5.32 Å². The zero-order valence-corrected chi connectivity index (χ0v) is 14.9. The van der Waals surface area contributed by atoms with Gasteiger partial charge in [0.1, 0.15) is 0 Å². The fraction of sp³-hybridized carbons (Fsp3) is 0.176. The van der Waals surface area contributed by atoms with Crippen molar-refractivity contribution in [3.8, 4) is 0 Å². The summed E-state index contributed by atoms with van der Waals surface area (Å²) in [6.45, 7) is 0.428. The lowest BCUT2D eigenvalue weighted by Crippen LogP contribution is -2.37. The lowest BCUT2D eigenvalue weighted by atomic mass is 10.2. The molecular weight excluding hydrogens is 380 g/mol. The molecule has 2 aromatic rings. The summed E-state index contributed by atoms with van der Waals surface area (Å²) in [4.78, 5) is 25.6. The number of carbonyl (C=O) groups excluding carboxylic acids is 2. The SMILES string of the molecule is CN(Cc1ccc(Br)cc1)C(=O)CNC(=O)c1cccc(Cl)c1. The van der Waals surface area contributed by atoms with E-state index in [0.717, 1.165) is 10.0 Å². The van der Waals surface area contributed by atoms with Crippen LogP contribution in [0, 0.1) is 0 Å². The molecule has 0 aliphatic carbocycles. The lowest BCUT2D eigenvalue weighted by Gasteiger charge is -2.17. The van der Waals surface area contributed by atoms with Crippen LogP contribution in [0.25, 0.3) is 0 Å². The minimum atomic E-state index is -0.321. The van der Waals surface area contributed by atoms with Gasteiger partial charge in [-0.2, -0.15) is 0 Å². The zero-order valence-electron chi connectivity index (χ0n) is 12.6. The van der Waals surface area contributed by atoms with Crippen molar-refractivity contribution in [2.75, 3.05) is 13.6 Å². The molecule has 2 amide bonds. The van der Waals surface area contributed by atoms with Gasteiger partial charge in [-0.1, -0.05) is 45.7 Å². The number of nitrogens with zero attached hydrogens (tertiary/aromatic N) is 1. The van der Waals surface area contributed by atoms with Crippen LogP contribution in [0.4, 0.5) is 0 Å². The van der Waals surface area contributed by atoms with Gasteiger partial charge in [0.25, 0.3) is 5.91 Å². The monoisotopic (exact) mass is 394 g/mol. The molecule has 0 radical (unpaired) electrons. The highest BCUT2D eigenvalue weighted by Crippen LogP contribution is 2.12. The van der Waals surface area contributed by atoms with E-state index < -0.39 is 0 Å². The van der Waals surface area contributed by atoms with Gasteiger partial charge in [-0.15, -0.1) is 0 Å². The first-order chi connectivity index (χ1) is 11.0. The number of benzene rings is 2. The number of nitrogens with one attached hydrogen (secondary N) is 1. The van der Waals surface area contributed by atoms with Gasteiger partial charge in [0.05, 0.1) is 6.54 Å². The molecule has 2 rings (SSSR count). The third kappa shape index (κ3) is 5.37. The van der Waals surface area contributed by atoms with E-state index in [-0.39, 0.29) is 18.4 Å². The molecule has 0 heterocycles. The van der Waals surface area contributed by atoms with Crippen LogP contribution in [0.3, 0.4) is 0 Å². The van der Waals surface area contributed by atoms with Crippen LogP contribution in [0.15, 0.2) is 53.0 Å². The molecular formula is C17H16BrClN2O2. The van der Waals surface area contributed by atoms with Gasteiger partial charge in [-0.05, 0) is 35.9 Å². The molecule has 23 heavy (non-hydrogen) atoms. The molecule has 1 N–H and O–H groups in total. The predicted octanol–water partition coefficient (Wildman–Crippen LogP) is 3.49. The summed E-state index contributed by atoms with van der Waals surface area (Å²) >= 11 is 9.22. The summed E-state index contributed by atoms with van der Waals surface area (Å²) in [5, 5.41) is 3.09. The molecule has 0 saturated carbocycles. The Morgan fingerprint density at radius 1 is 1.17 bits per heavy atom. The number of carbonyl (C=O) groups is 2. The van der Waals surface area contributed by atoms with Gasteiger partial charge >= 0.3 is 0 Å². The topological polar surface area (TPSA) is 49.4 Å². The van der Waals surface area contributed by atoms with Crippen molar-refractivity contribution in [3.05, 3.63) is 69.2 Å². The Balaban J connectivity index is 1.86. The quantitative estimate of drug-likeness (QED) is 0.842. The maximum atomic E-state index is 12.1. The van der Waals surface area contributed by atoms with Crippen molar-refractivity contribution in [1.29, 1.82) is 0 Å². The van der Waals surface area contributed by atoms with Crippen LogP contribution in [-0.2, 0) is 11.3 Å². The Kier molecular flexibility index (Phi) is 6.19. The van der Waals surface area contributed by atoms with E-state index in [0.29, 0.717) is 17.1 Å². The largest absolute Gasteiger partial charge is 0.343 e. The molecule has 0 fully saturated rings. The minimum Gasteiger partial charge on any atom is -0.343 e. The normalized spacial score (nSPS) is 10.2. The third-order valence-electron chi connectivity index (χ3n) is 3.25. The summed E-state index contributed by atoms with van der Waals surface area (Å²) < 4.78 is 0.990. The second-order valence-corrected chi connectivity index (χ2v) is 6.42. The summed E-state index contributed by atoms with van der Waals surface area (Å²) in [5.74, 6) is -0.485. The zero-order chi connectivity index (χ0) is 16.8. The first-order valence-corrected chi connectivity index (χ1v) is 8.15. The molecule has 2 aromatic carbocycles. The van der Waals surface area contributed by atoms with Crippen LogP contribution >= 0.6 is 27.5 Å². The summed E-state index contributed by atoms with van der Waals surface area (Å²) in [5.41, 5.74) is 1.45. The number of likely N-dealkylation sites (N-methyl/N-ethyl adjacent to an activating group) is 1. The van der Waals surface area contributed by atoms with Crippen LogP contribution in [0.5, 0.6) is 0 Å². The van der Waals surface area contributed by atoms with Gasteiger partial charge < -0.3 is 10.2 Å². The smallest absolute Gasteiger partial charge is 0.251 e. The lowest BCUT2D eigenvalue weighted by molar-refractivity contribution is -0.129. The molecule has 0 aliphatic heterocycles. The van der Waals surface area contributed by atoms with Crippen LogP contribution in [-0.4, -0.2) is 30.3 Å². The first-order valence-electron chi connectivity index (χ1n) is 6.98. The van der Waals surface area contributed by atoms with Crippen LogP contribution in [0.2, 0.25) is 5.02 Å². The predicted molar refractivity (Wildman–Crippen MR) is 94.4 cm³/mol. The summed E-state index contributed by atoms with van der Waals surface area (Å²) in [6.07, 6.45) is 0. The highest BCUT2D eigenvalue weighted by molar-refractivity contribution is 9.10. The molecule has 0 spiro atoms. The second kappa shape index (κ2) is 8.13. The third-order valence-corrected chi connectivity index (χ3v) is 4.01. The number of hydrogen-bond acceptors (Lipinski definition) is 2. The Hall–Kier alpha value is -1.85. The summed E-state index contributed by atoms with van der Waals surface area (Å²) in [6, 6.07) is 14.3. The Morgan fingerprint density at radius 3 is 2.52 bits per heavy atom. The minimum absolute atomic E-state index is 0.0572. The Labute approximate surface area is 148 Å². The maximum Gasteiger partial charge on any atom is 0.251 e. The fourth-order valence-corrected chi connectivity index (χ4v) is 2.43. The van der Waals surface area contributed by atoms with E-state index in [2.05, 4.69) is 21.2 Å². The molecule has 0 aliphatic rings. The van der Waals surface area contributed by atoms with Crippen molar-refractivity contribution >= 4 is 39.3 Å². The van der Waals surface area contributed by atoms with Crippen molar-refractivity contribution in [1.82, 2.24) is 10.2 Å². The van der Waals surface area contributed by atoms with Gasteiger partial charge in [-0.3, -0.25) is 9.59 Å². The molecule has 6 heteroatoms. The highest BCUT2D eigenvalue weighted by Gasteiger charge is 2.12. The number of amides is 2. The molecule has 0 unspecified atom stereocenters. The number of hydrogen-bond donors (Lipinski definition) is 1. The summed E-state index contributed by atoms with van der Waals surface area (Å²) in [7, 11) is 1.70. The fourth-order valence-electron chi connectivity index (χ4n) is 1.97. The van der Waals surface area contributed by atoms with E-state index >= 15 is 0 Å². The standard InChI is InChI=1S/C17H16BrClN2O2/c1-21(11-12-5-7-14(18)8-6-12)16(22)10-20-17(23)13-3-2-4-15(19)9-13/h2-9H,10-11H2,1H3,(H,20,23). The molecule has 120 valence electrons. The van der Waals surface area contributed by atoms with Crippen molar-refractivity contribution < 1.29 is 9.59 Å². The average Bonchev–Trinajstić information content (AvgIpc) is 2.54. The van der Waals surface area contributed by atoms with E-state index in [4.69, 9.17) is 11.6 Å². The Morgan fingerprint density at radius 2 is 1.87 bits per heavy atom. The molecule has 0 atom stereocenters. The molecule has 4 nitrogen and oxygen atoms in total. The molecule has 0 saturated heterocycles. The molecule has 0 bridgehead atoms.